The zero-order chi connectivity index (χ0) is 12.7. The summed E-state index contributed by atoms with van der Waals surface area (Å²) in [4.78, 5) is 11.2. The van der Waals surface area contributed by atoms with Crippen LogP contribution in [0.3, 0.4) is 0 Å². The number of carbonyl (C=O) groups excluding carboxylic acids is 1. The first kappa shape index (κ1) is 13.8. The summed E-state index contributed by atoms with van der Waals surface area (Å²) >= 11 is 5.89. The summed E-state index contributed by atoms with van der Waals surface area (Å²) in [7, 11) is 1.83. The fraction of sp³-hybridized carbons (Fsp3) is 0.417. The zero-order valence-corrected chi connectivity index (χ0v) is 10.7. The minimum atomic E-state index is -0.377. The Balaban J connectivity index is 2.66. The molecule has 1 aromatic carbocycles. The molecule has 0 heterocycles. The molecule has 94 valence electrons. The molecule has 0 amide bonds. The third kappa shape index (κ3) is 4.63. The Hall–Kier alpha value is -1.26. The van der Waals surface area contributed by atoms with Crippen LogP contribution in [0.5, 0.6) is 5.75 Å². The predicted octanol–water partition coefficient (Wildman–Crippen LogP) is 2.00. The maximum Gasteiger partial charge on any atom is 0.344 e. The maximum atomic E-state index is 11.2. The second kappa shape index (κ2) is 7.14. The van der Waals surface area contributed by atoms with E-state index in [1.807, 2.05) is 7.05 Å². The van der Waals surface area contributed by atoms with Crippen LogP contribution in [-0.2, 0) is 16.1 Å². The van der Waals surface area contributed by atoms with Crippen LogP contribution in [-0.4, -0.2) is 26.2 Å². The summed E-state index contributed by atoms with van der Waals surface area (Å²) in [5.74, 6) is 0.259. The van der Waals surface area contributed by atoms with E-state index in [1.165, 1.54) is 0 Å². The molecule has 0 aromatic heterocycles. The molecule has 17 heavy (non-hydrogen) atoms. The highest BCUT2D eigenvalue weighted by Crippen LogP contribution is 2.22. The molecule has 0 aliphatic rings. The van der Waals surface area contributed by atoms with Crippen molar-refractivity contribution in [1.29, 1.82) is 0 Å². The number of benzene rings is 1. The van der Waals surface area contributed by atoms with Gasteiger partial charge in [0.05, 0.1) is 6.61 Å². The summed E-state index contributed by atoms with van der Waals surface area (Å²) in [6.07, 6.45) is 0. The van der Waals surface area contributed by atoms with Crippen LogP contribution >= 0.6 is 11.6 Å². The Bertz CT molecular complexity index is 382. The van der Waals surface area contributed by atoms with E-state index in [4.69, 9.17) is 21.1 Å². The molecule has 0 spiro atoms. The van der Waals surface area contributed by atoms with Crippen LogP contribution in [0.15, 0.2) is 18.2 Å². The minimum absolute atomic E-state index is 0.0911. The van der Waals surface area contributed by atoms with Gasteiger partial charge in [0.2, 0.25) is 0 Å². The van der Waals surface area contributed by atoms with Crippen LogP contribution in [0.25, 0.3) is 0 Å². The third-order valence-electron chi connectivity index (χ3n) is 2.04. The number of hydrogen-bond acceptors (Lipinski definition) is 4. The highest BCUT2D eigenvalue weighted by atomic mass is 35.5. The lowest BCUT2D eigenvalue weighted by atomic mass is 10.2. The van der Waals surface area contributed by atoms with E-state index in [-0.39, 0.29) is 12.6 Å². The van der Waals surface area contributed by atoms with Gasteiger partial charge in [-0.25, -0.2) is 4.79 Å². The Morgan fingerprint density at radius 2 is 2.24 bits per heavy atom. The number of nitrogens with one attached hydrogen (secondary N) is 1. The van der Waals surface area contributed by atoms with Crippen LogP contribution in [0, 0.1) is 0 Å². The third-order valence-corrected chi connectivity index (χ3v) is 2.28. The molecule has 0 radical (unpaired) electrons. The molecule has 0 saturated heterocycles. The molecule has 0 atom stereocenters. The van der Waals surface area contributed by atoms with Crippen LogP contribution in [0.1, 0.15) is 12.5 Å². The van der Waals surface area contributed by atoms with Gasteiger partial charge in [-0.1, -0.05) is 11.6 Å². The van der Waals surface area contributed by atoms with Gasteiger partial charge in [-0.3, -0.25) is 0 Å². The summed E-state index contributed by atoms with van der Waals surface area (Å²) in [5.41, 5.74) is 0.907. The Morgan fingerprint density at radius 1 is 1.47 bits per heavy atom. The van der Waals surface area contributed by atoms with Crippen LogP contribution < -0.4 is 10.1 Å². The number of ether oxygens (including phenoxy) is 2. The SMILES string of the molecule is CCOC(=O)COc1ccc(Cl)cc1CNC. The smallest absolute Gasteiger partial charge is 0.344 e. The maximum absolute atomic E-state index is 11.2. The number of esters is 1. The van der Waals surface area contributed by atoms with Crippen molar-refractivity contribution in [2.45, 2.75) is 13.5 Å². The van der Waals surface area contributed by atoms with E-state index >= 15 is 0 Å². The van der Waals surface area contributed by atoms with Gasteiger partial charge >= 0.3 is 5.97 Å². The molecule has 0 saturated carbocycles. The Kier molecular flexibility index (Phi) is 5.80. The summed E-state index contributed by atoms with van der Waals surface area (Å²) in [6.45, 7) is 2.64. The van der Waals surface area contributed by atoms with Gasteiger partial charge in [-0.15, -0.1) is 0 Å². The van der Waals surface area contributed by atoms with Gasteiger partial charge in [-0.2, -0.15) is 0 Å². The van der Waals surface area contributed by atoms with Crippen molar-refractivity contribution in [2.75, 3.05) is 20.3 Å². The first-order valence-electron chi connectivity index (χ1n) is 5.38. The normalized spacial score (nSPS) is 10.1. The van der Waals surface area contributed by atoms with E-state index in [0.29, 0.717) is 23.9 Å². The average molecular weight is 258 g/mol. The molecule has 0 fully saturated rings. The average Bonchev–Trinajstić information content (AvgIpc) is 2.29. The van der Waals surface area contributed by atoms with Crippen LogP contribution in [0.2, 0.25) is 5.02 Å². The van der Waals surface area contributed by atoms with E-state index in [0.717, 1.165) is 5.56 Å². The molecule has 1 rings (SSSR count). The van der Waals surface area contributed by atoms with Gasteiger partial charge in [0.1, 0.15) is 5.75 Å². The quantitative estimate of drug-likeness (QED) is 0.792. The zero-order valence-electron chi connectivity index (χ0n) is 9.96. The second-order valence-corrected chi connectivity index (χ2v) is 3.81. The first-order chi connectivity index (χ1) is 8.17. The number of rotatable bonds is 6. The number of carbonyl (C=O) groups is 1. The standard InChI is InChI=1S/C12H16ClNO3/c1-3-16-12(15)8-17-11-5-4-10(13)6-9(11)7-14-2/h4-6,14H,3,7-8H2,1-2H3. The molecule has 5 heteroatoms. The van der Waals surface area contributed by atoms with E-state index < -0.39 is 0 Å². The van der Waals surface area contributed by atoms with Gasteiger partial charge in [-0.05, 0) is 32.2 Å². The Morgan fingerprint density at radius 3 is 2.88 bits per heavy atom. The van der Waals surface area contributed by atoms with E-state index in [2.05, 4.69) is 5.32 Å². The van der Waals surface area contributed by atoms with E-state index in [9.17, 15) is 4.79 Å². The molecule has 1 N–H and O–H groups in total. The summed E-state index contributed by atoms with van der Waals surface area (Å²) < 4.78 is 10.2. The van der Waals surface area contributed by atoms with Crippen molar-refractivity contribution < 1.29 is 14.3 Å². The molecule has 0 unspecified atom stereocenters. The lowest BCUT2D eigenvalue weighted by molar-refractivity contribution is -0.145. The van der Waals surface area contributed by atoms with Crippen molar-refractivity contribution in [1.82, 2.24) is 5.32 Å². The molecular weight excluding hydrogens is 242 g/mol. The van der Waals surface area contributed by atoms with Crippen LogP contribution in [0.4, 0.5) is 0 Å². The molecule has 0 bridgehead atoms. The second-order valence-electron chi connectivity index (χ2n) is 3.38. The number of halogens is 1. The fourth-order valence-electron chi connectivity index (χ4n) is 1.36. The lowest BCUT2D eigenvalue weighted by Crippen LogP contribution is -2.16. The van der Waals surface area contributed by atoms with Crippen molar-refractivity contribution >= 4 is 17.6 Å². The van der Waals surface area contributed by atoms with E-state index in [1.54, 1.807) is 25.1 Å². The highest BCUT2D eigenvalue weighted by molar-refractivity contribution is 6.30. The Labute approximate surface area is 106 Å². The fourth-order valence-corrected chi connectivity index (χ4v) is 1.55. The molecule has 0 aliphatic carbocycles. The topological polar surface area (TPSA) is 47.6 Å². The van der Waals surface area contributed by atoms with Crippen molar-refractivity contribution in [3.05, 3.63) is 28.8 Å². The van der Waals surface area contributed by atoms with Gasteiger partial charge < -0.3 is 14.8 Å². The minimum Gasteiger partial charge on any atom is -0.482 e. The van der Waals surface area contributed by atoms with Crippen molar-refractivity contribution in [2.24, 2.45) is 0 Å². The predicted molar refractivity (Wildman–Crippen MR) is 66.3 cm³/mol. The monoisotopic (exact) mass is 257 g/mol. The van der Waals surface area contributed by atoms with Crippen molar-refractivity contribution in [3.8, 4) is 5.75 Å². The highest BCUT2D eigenvalue weighted by Gasteiger charge is 2.07. The molecular formula is C12H16ClNO3. The molecule has 1 aromatic rings. The lowest BCUT2D eigenvalue weighted by Gasteiger charge is -2.11. The van der Waals surface area contributed by atoms with Gasteiger partial charge in [0.15, 0.2) is 6.61 Å². The van der Waals surface area contributed by atoms with Gasteiger partial charge in [0.25, 0.3) is 0 Å². The summed E-state index contributed by atoms with van der Waals surface area (Å²) in [6, 6.07) is 5.27. The first-order valence-corrected chi connectivity index (χ1v) is 5.76. The van der Waals surface area contributed by atoms with Gasteiger partial charge in [0, 0.05) is 17.1 Å². The largest absolute Gasteiger partial charge is 0.482 e. The molecule has 4 nitrogen and oxygen atoms in total. The molecule has 0 aliphatic heterocycles. The van der Waals surface area contributed by atoms with Crippen molar-refractivity contribution in [3.63, 3.8) is 0 Å². The number of hydrogen-bond donors (Lipinski definition) is 1. The summed E-state index contributed by atoms with van der Waals surface area (Å²) in [5, 5.41) is 3.65.